The third kappa shape index (κ3) is 7.23. The van der Waals surface area contributed by atoms with E-state index >= 15 is 0 Å². The summed E-state index contributed by atoms with van der Waals surface area (Å²) in [6.45, 7) is 5.96. The van der Waals surface area contributed by atoms with Crippen LogP contribution in [0.25, 0.3) is 0 Å². The average Bonchev–Trinajstić information content (AvgIpc) is 2.65. The number of sulfone groups is 1. The van der Waals surface area contributed by atoms with Gasteiger partial charge in [-0.15, -0.1) is 0 Å². The van der Waals surface area contributed by atoms with Crippen LogP contribution in [0.5, 0.6) is 11.6 Å². The first-order chi connectivity index (χ1) is 14.0. The summed E-state index contributed by atoms with van der Waals surface area (Å²) in [5, 5.41) is 3.74. The van der Waals surface area contributed by atoms with Crippen LogP contribution in [0.2, 0.25) is 0 Å². The third-order valence-corrected chi connectivity index (χ3v) is 4.50. The summed E-state index contributed by atoms with van der Waals surface area (Å²) in [7, 11) is -1.89. The highest BCUT2D eigenvalue weighted by Gasteiger charge is 2.24. The third-order valence-electron chi connectivity index (χ3n) is 3.85. The van der Waals surface area contributed by atoms with Crippen LogP contribution in [0.3, 0.4) is 0 Å². The number of aromatic nitrogens is 2. The Morgan fingerprint density at radius 2 is 1.90 bits per heavy atom. The number of nitrogens with one attached hydrogen (secondary N) is 1. The standard InChI is InChI=1S/C21H27N3O5S/c1-21(2,3)20-22-13-17(19(24-20)29-16-9-7-6-8-10-16)18(25)23-15(14-28-4)11-12-30(5,26)27/h6-13,15H,14H2,1-5H3,(H,23,25). The molecule has 0 radical (unpaired) electrons. The molecular weight excluding hydrogens is 406 g/mol. The Morgan fingerprint density at radius 1 is 1.23 bits per heavy atom. The molecule has 1 atom stereocenters. The molecule has 0 saturated heterocycles. The minimum Gasteiger partial charge on any atom is -0.438 e. The van der Waals surface area contributed by atoms with E-state index in [4.69, 9.17) is 9.47 Å². The number of ether oxygens (including phenoxy) is 2. The molecular formula is C21H27N3O5S. The summed E-state index contributed by atoms with van der Waals surface area (Å²) < 4.78 is 33.7. The molecule has 1 aromatic heterocycles. The molecule has 0 saturated carbocycles. The molecule has 1 N–H and O–H groups in total. The first-order valence-electron chi connectivity index (χ1n) is 9.28. The fourth-order valence-corrected chi connectivity index (χ4v) is 2.84. The van der Waals surface area contributed by atoms with Gasteiger partial charge in [-0.3, -0.25) is 4.79 Å². The molecule has 0 bridgehead atoms. The largest absolute Gasteiger partial charge is 0.438 e. The minimum atomic E-state index is -3.35. The zero-order valence-corrected chi connectivity index (χ0v) is 18.6. The van der Waals surface area contributed by atoms with E-state index in [1.54, 1.807) is 12.1 Å². The van der Waals surface area contributed by atoms with Crippen molar-refractivity contribution in [1.82, 2.24) is 15.3 Å². The van der Waals surface area contributed by atoms with Gasteiger partial charge in [0.05, 0.1) is 12.6 Å². The summed E-state index contributed by atoms with van der Waals surface area (Å²) in [4.78, 5) is 21.7. The van der Waals surface area contributed by atoms with Gasteiger partial charge in [0.1, 0.15) is 17.1 Å². The van der Waals surface area contributed by atoms with E-state index in [1.807, 2.05) is 39.0 Å². The van der Waals surface area contributed by atoms with Crippen LogP contribution < -0.4 is 10.1 Å². The van der Waals surface area contributed by atoms with E-state index in [9.17, 15) is 13.2 Å². The van der Waals surface area contributed by atoms with Crippen molar-refractivity contribution in [3.8, 4) is 11.6 Å². The van der Waals surface area contributed by atoms with E-state index < -0.39 is 21.8 Å². The molecule has 9 heteroatoms. The van der Waals surface area contributed by atoms with E-state index in [1.165, 1.54) is 19.4 Å². The molecule has 8 nitrogen and oxygen atoms in total. The molecule has 2 aromatic rings. The van der Waals surface area contributed by atoms with Crippen molar-refractivity contribution in [2.45, 2.75) is 32.2 Å². The molecule has 0 fully saturated rings. The number of benzene rings is 1. The first kappa shape index (κ1) is 23.5. The molecule has 0 aliphatic carbocycles. The average molecular weight is 434 g/mol. The molecule has 1 heterocycles. The Bertz CT molecular complexity index is 999. The van der Waals surface area contributed by atoms with Gasteiger partial charge < -0.3 is 14.8 Å². The van der Waals surface area contributed by atoms with Crippen molar-refractivity contribution >= 4 is 15.7 Å². The number of para-hydroxylation sites is 1. The van der Waals surface area contributed by atoms with Crippen LogP contribution in [0.1, 0.15) is 37.0 Å². The molecule has 0 spiro atoms. The predicted octanol–water partition coefficient (Wildman–Crippen LogP) is 2.87. The van der Waals surface area contributed by atoms with Gasteiger partial charge in [0.25, 0.3) is 5.91 Å². The minimum absolute atomic E-state index is 0.0908. The van der Waals surface area contributed by atoms with Crippen LogP contribution in [0.15, 0.2) is 48.0 Å². The van der Waals surface area contributed by atoms with Crippen LogP contribution in [0.4, 0.5) is 0 Å². The number of carbonyl (C=O) groups is 1. The quantitative estimate of drug-likeness (QED) is 0.682. The number of rotatable bonds is 8. The number of hydrogen-bond acceptors (Lipinski definition) is 7. The molecule has 162 valence electrons. The van der Waals surface area contributed by atoms with Crippen molar-refractivity contribution in [3.05, 3.63) is 59.4 Å². The van der Waals surface area contributed by atoms with Gasteiger partial charge in [0.2, 0.25) is 5.88 Å². The second-order valence-electron chi connectivity index (χ2n) is 7.77. The van der Waals surface area contributed by atoms with E-state index in [0.717, 1.165) is 11.7 Å². The second-order valence-corrected chi connectivity index (χ2v) is 9.70. The van der Waals surface area contributed by atoms with Crippen LogP contribution >= 0.6 is 0 Å². The summed E-state index contributed by atoms with van der Waals surface area (Å²) in [6.07, 6.45) is 3.84. The number of methoxy groups -OCH3 is 1. The number of nitrogens with zero attached hydrogens (tertiary/aromatic N) is 2. The number of carbonyl (C=O) groups excluding carboxylic acids is 1. The zero-order valence-electron chi connectivity index (χ0n) is 17.7. The fourth-order valence-electron chi connectivity index (χ4n) is 2.37. The van der Waals surface area contributed by atoms with E-state index in [0.29, 0.717) is 11.6 Å². The Morgan fingerprint density at radius 3 is 2.47 bits per heavy atom. The van der Waals surface area contributed by atoms with Gasteiger partial charge in [0.15, 0.2) is 9.84 Å². The van der Waals surface area contributed by atoms with E-state index in [2.05, 4.69) is 15.3 Å². The topological polar surface area (TPSA) is 107 Å². The lowest BCUT2D eigenvalue weighted by molar-refractivity contribution is 0.0912. The van der Waals surface area contributed by atoms with Gasteiger partial charge in [0, 0.05) is 30.4 Å². The SMILES string of the molecule is COCC(C=CS(C)(=O)=O)NC(=O)c1cnc(C(C)(C)C)nc1Oc1ccccc1. The van der Waals surface area contributed by atoms with Crippen molar-refractivity contribution in [2.24, 2.45) is 0 Å². The summed E-state index contributed by atoms with van der Waals surface area (Å²) >= 11 is 0. The highest BCUT2D eigenvalue weighted by Crippen LogP contribution is 2.26. The zero-order chi connectivity index (χ0) is 22.4. The Kier molecular flexibility index (Phi) is 7.69. The lowest BCUT2D eigenvalue weighted by Gasteiger charge is -2.19. The molecule has 1 unspecified atom stereocenters. The number of amides is 1. The molecule has 30 heavy (non-hydrogen) atoms. The predicted molar refractivity (Wildman–Crippen MR) is 114 cm³/mol. The van der Waals surface area contributed by atoms with Gasteiger partial charge in [-0.05, 0) is 18.2 Å². The fraction of sp³-hybridized carbons (Fsp3) is 0.381. The van der Waals surface area contributed by atoms with Crippen molar-refractivity contribution in [2.75, 3.05) is 20.0 Å². The van der Waals surface area contributed by atoms with Crippen LogP contribution in [-0.4, -0.2) is 50.3 Å². The molecule has 1 aromatic carbocycles. The molecule has 1 amide bonds. The highest BCUT2D eigenvalue weighted by atomic mass is 32.2. The smallest absolute Gasteiger partial charge is 0.258 e. The summed E-state index contributed by atoms with van der Waals surface area (Å²) in [5.41, 5.74) is -0.221. The first-order valence-corrected chi connectivity index (χ1v) is 11.2. The maximum atomic E-state index is 12.9. The lowest BCUT2D eigenvalue weighted by Crippen LogP contribution is -2.37. The van der Waals surface area contributed by atoms with Gasteiger partial charge >= 0.3 is 0 Å². The van der Waals surface area contributed by atoms with Crippen LogP contribution in [0, 0.1) is 0 Å². The van der Waals surface area contributed by atoms with E-state index in [-0.39, 0.29) is 23.5 Å². The highest BCUT2D eigenvalue weighted by molar-refractivity contribution is 7.93. The Balaban J connectivity index is 2.37. The lowest BCUT2D eigenvalue weighted by atomic mass is 9.95. The normalized spacial score (nSPS) is 13.2. The molecule has 2 rings (SSSR count). The maximum absolute atomic E-state index is 12.9. The van der Waals surface area contributed by atoms with Crippen LogP contribution in [-0.2, 0) is 20.0 Å². The van der Waals surface area contributed by atoms with Gasteiger partial charge in [-0.1, -0.05) is 39.0 Å². The van der Waals surface area contributed by atoms with Crippen molar-refractivity contribution in [1.29, 1.82) is 0 Å². The van der Waals surface area contributed by atoms with Crippen molar-refractivity contribution < 1.29 is 22.7 Å². The van der Waals surface area contributed by atoms with Crippen molar-refractivity contribution in [3.63, 3.8) is 0 Å². The monoisotopic (exact) mass is 433 g/mol. The second kappa shape index (κ2) is 9.82. The summed E-state index contributed by atoms with van der Waals surface area (Å²) in [5.74, 6) is 0.648. The Labute approximate surface area is 177 Å². The Hall–Kier alpha value is -2.78. The maximum Gasteiger partial charge on any atom is 0.258 e. The molecule has 0 aliphatic rings. The van der Waals surface area contributed by atoms with Gasteiger partial charge in [-0.2, -0.15) is 4.98 Å². The summed E-state index contributed by atoms with van der Waals surface area (Å²) in [6, 6.07) is 8.32. The molecule has 0 aliphatic heterocycles. The van der Waals surface area contributed by atoms with Gasteiger partial charge in [-0.25, -0.2) is 13.4 Å². The number of hydrogen-bond donors (Lipinski definition) is 1.